The number of allylic oxidation sites excluding steroid dienone is 4. The molecular weight excluding hydrogens is 721 g/mol. The van der Waals surface area contributed by atoms with Crippen LogP contribution in [-0.4, -0.2) is 3.21 Å². The average molecular weight is 747 g/mol. The van der Waals surface area contributed by atoms with E-state index in [1.165, 1.54) is 52.1 Å². The second-order valence-electron chi connectivity index (χ2n) is 9.86. The Morgan fingerprint density at radius 1 is 0.739 bits per heavy atom. The molecule has 6 rings (SSSR count). The Morgan fingerprint density at radius 3 is 1.76 bits per heavy atom. The second kappa shape index (κ2) is 17.1. The summed E-state index contributed by atoms with van der Waals surface area (Å²) in [6.45, 7) is 7.63. The van der Waals surface area contributed by atoms with E-state index in [1.807, 2.05) is 30.4 Å². The third-order valence-electron chi connectivity index (χ3n) is 6.85. The van der Waals surface area contributed by atoms with Crippen molar-refractivity contribution in [3.05, 3.63) is 167 Å². The summed E-state index contributed by atoms with van der Waals surface area (Å²) in [6, 6.07) is 23.2. The molecule has 0 saturated carbocycles. The van der Waals surface area contributed by atoms with Crippen molar-refractivity contribution in [2.24, 2.45) is 0 Å². The second-order valence-corrected chi connectivity index (χ2v) is 11.1. The quantitative estimate of drug-likeness (QED) is 0.188. The molecule has 4 aromatic rings. The van der Waals surface area contributed by atoms with Crippen LogP contribution in [0.3, 0.4) is 0 Å². The van der Waals surface area contributed by atoms with E-state index in [-0.39, 0.29) is 35.9 Å². The molecule has 0 spiro atoms. The fraction of sp³-hybridized carbons (Fsp3) is 0.108. The van der Waals surface area contributed by atoms with Crippen LogP contribution in [-0.2, 0) is 43.0 Å². The van der Waals surface area contributed by atoms with Crippen molar-refractivity contribution in [2.75, 3.05) is 0 Å². The minimum atomic E-state index is -4.49. The van der Waals surface area contributed by atoms with Crippen LogP contribution in [0.25, 0.3) is 23.3 Å². The Labute approximate surface area is 292 Å². The van der Waals surface area contributed by atoms with Gasteiger partial charge in [0.15, 0.2) is 0 Å². The zero-order valence-corrected chi connectivity index (χ0v) is 28.2. The molecule has 2 aliphatic carbocycles. The van der Waals surface area contributed by atoms with Crippen LogP contribution in [0.1, 0.15) is 50.9 Å². The predicted octanol–water partition coefficient (Wildman–Crippen LogP) is 4.50. The molecule has 0 nitrogen and oxygen atoms in total. The Hall–Kier alpha value is -3.25. The molecule has 0 saturated heterocycles. The van der Waals surface area contributed by atoms with E-state index >= 15 is 0 Å². The smallest absolute Gasteiger partial charge is 0.109 e. The van der Waals surface area contributed by atoms with Gasteiger partial charge < -0.3 is 24.8 Å². The van der Waals surface area contributed by atoms with Crippen molar-refractivity contribution in [3.63, 3.8) is 0 Å². The van der Waals surface area contributed by atoms with Gasteiger partial charge in [0.2, 0.25) is 0 Å². The predicted molar refractivity (Wildman–Crippen MR) is 161 cm³/mol. The van der Waals surface area contributed by atoms with Crippen molar-refractivity contribution in [2.45, 2.75) is 25.2 Å². The molecule has 0 amide bonds. The average Bonchev–Trinajstić information content (AvgIpc) is 3.72. The van der Waals surface area contributed by atoms with Crippen molar-refractivity contribution < 1.29 is 75.4 Å². The summed E-state index contributed by atoms with van der Waals surface area (Å²) < 4.78 is 76.7. The summed E-state index contributed by atoms with van der Waals surface area (Å²) in [5, 5.41) is 0. The topological polar surface area (TPSA) is 0 Å². The molecule has 0 aromatic heterocycles. The van der Waals surface area contributed by atoms with E-state index in [9.17, 15) is 26.3 Å². The van der Waals surface area contributed by atoms with E-state index in [0.717, 1.165) is 66.9 Å². The van der Waals surface area contributed by atoms with Crippen LogP contribution in [0, 0.1) is 12.1 Å². The van der Waals surface area contributed by atoms with Crippen LogP contribution in [0.2, 0.25) is 0 Å². The van der Waals surface area contributed by atoms with Crippen molar-refractivity contribution in [1.82, 2.24) is 0 Å². The molecule has 0 unspecified atom stereocenters. The van der Waals surface area contributed by atoms with Crippen LogP contribution < -0.4 is 24.8 Å². The zero-order valence-electron chi connectivity index (χ0n) is 24.2. The maximum absolute atomic E-state index is 12.7. The zero-order chi connectivity index (χ0) is 31.9. The first kappa shape index (κ1) is 38.9. The monoisotopic (exact) mass is 744 g/mol. The first-order valence-corrected chi connectivity index (χ1v) is 14.7. The summed E-state index contributed by atoms with van der Waals surface area (Å²) in [6.07, 6.45) is 5.77. The maximum Gasteiger partial charge on any atom is -0.109 e. The molecule has 0 aliphatic heterocycles. The molecule has 236 valence electrons. The summed E-state index contributed by atoms with van der Waals surface area (Å²) in [4.78, 5) is 0. The van der Waals surface area contributed by atoms with Gasteiger partial charge in [-0.25, -0.2) is 12.2 Å². The molecule has 9 heteroatoms. The molecular formula is C37H26Cl2F6Zr-2. The molecule has 0 fully saturated rings. The van der Waals surface area contributed by atoms with Gasteiger partial charge >= 0.3 is 137 Å². The SMILES string of the molecule is C=Cc1c[c-]c2c(c1)-c1cc(C=C)ccc1C2.FC(F)(F)c1cccc([C](=[Zr+2])c2cccc(C(F)(F)F)c2)c1.[C-]1=CC=CC1.[Cl-].[Cl-]. The number of halogens is 8. The van der Waals surface area contributed by atoms with Crippen LogP contribution >= 0.6 is 0 Å². The van der Waals surface area contributed by atoms with Gasteiger partial charge in [-0.1, -0.05) is 42.0 Å². The van der Waals surface area contributed by atoms with Gasteiger partial charge in [-0.3, -0.25) is 6.08 Å². The number of alkyl halides is 6. The first-order chi connectivity index (χ1) is 20.9. The van der Waals surface area contributed by atoms with Gasteiger partial charge in [-0.2, -0.15) is 29.8 Å². The van der Waals surface area contributed by atoms with E-state index in [1.54, 1.807) is 0 Å². The van der Waals surface area contributed by atoms with Gasteiger partial charge in [-0.05, 0) is 12.0 Å². The van der Waals surface area contributed by atoms with Crippen molar-refractivity contribution >= 4 is 15.4 Å². The fourth-order valence-electron chi connectivity index (χ4n) is 4.57. The Bertz CT molecular complexity index is 1620. The number of hydrogen-bond donors (Lipinski definition) is 0. The van der Waals surface area contributed by atoms with Crippen LogP contribution in [0.15, 0.2) is 110 Å². The van der Waals surface area contributed by atoms with E-state index in [4.69, 9.17) is 0 Å². The first-order valence-electron chi connectivity index (χ1n) is 13.5. The van der Waals surface area contributed by atoms with Gasteiger partial charge in [0.1, 0.15) is 0 Å². The van der Waals surface area contributed by atoms with Gasteiger partial charge in [0, 0.05) is 0 Å². The minimum Gasteiger partial charge on any atom is -1.00 e. The Balaban J connectivity index is 0.000000272. The van der Waals surface area contributed by atoms with Crippen molar-refractivity contribution in [3.8, 4) is 11.1 Å². The third-order valence-corrected chi connectivity index (χ3v) is 8.27. The summed E-state index contributed by atoms with van der Waals surface area (Å²) in [5.41, 5.74) is 6.46. The normalized spacial score (nSPS) is 12.2. The van der Waals surface area contributed by atoms with Gasteiger partial charge in [0.25, 0.3) is 0 Å². The molecule has 0 heterocycles. The molecule has 2 aliphatic rings. The van der Waals surface area contributed by atoms with Crippen LogP contribution in [0.4, 0.5) is 26.3 Å². The Kier molecular flexibility index (Phi) is 14.4. The summed E-state index contributed by atoms with van der Waals surface area (Å²) in [7, 11) is 0. The number of rotatable bonds is 4. The molecule has 0 bridgehead atoms. The van der Waals surface area contributed by atoms with E-state index in [0.29, 0.717) is 3.21 Å². The molecule has 0 radical (unpaired) electrons. The van der Waals surface area contributed by atoms with Crippen molar-refractivity contribution in [1.29, 1.82) is 0 Å². The molecule has 4 aromatic carbocycles. The van der Waals surface area contributed by atoms with Crippen LogP contribution in [0.5, 0.6) is 0 Å². The summed E-state index contributed by atoms with van der Waals surface area (Å²) in [5.74, 6) is 0. The largest absolute Gasteiger partial charge is 1.00 e. The van der Waals surface area contributed by atoms with E-state index in [2.05, 4.69) is 55.6 Å². The molecule has 0 N–H and O–H groups in total. The van der Waals surface area contributed by atoms with Gasteiger partial charge in [-0.15, -0.1) is 30.2 Å². The Morgan fingerprint density at radius 2 is 1.30 bits per heavy atom. The fourth-order valence-corrected chi connectivity index (χ4v) is 5.34. The maximum atomic E-state index is 12.7. The summed E-state index contributed by atoms with van der Waals surface area (Å²) >= 11 is 0.729. The molecule has 46 heavy (non-hydrogen) atoms. The molecule has 0 atom stereocenters. The number of hydrogen-bond acceptors (Lipinski definition) is 0. The number of benzene rings is 4. The van der Waals surface area contributed by atoms with E-state index < -0.39 is 23.5 Å². The third kappa shape index (κ3) is 10.1. The number of fused-ring (bicyclic) bond motifs is 3. The van der Waals surface area contributed by atoms with Gasteiger partial charge in [0.05, 0.1) is 0 Å². The minimum absolute atomic E-state index is 0. The standard InChI is InChI=1S/C17H13.C15H8F6.C5H5.2ClH.Zr/c1-3-12-5-7-14-11-15-8-6-13(4-2)10-17(15)16(14)9-12;16-14(17,18)12-5-1-3-10(8-12)7-11-4-2-6-13(9-11)15(19,20)21;1-2-4-5-3-1;;;/h3-7,9-10H,1-2,11H2;1-6,8-9H;1-3H,4H2;2*1H;/q-1;;-1;;;+2/p-2.